The summed E-state index contributed by atoms with van der Waals surface area (Å²) in [5.41, 5.74) is 0.0316. The fourth-order valence-corrected chi connectivity index (χ4v) is 2.79. The fourth-order valence-electron chi connectivity index (χ4n) is 2.65. The maximum absolute atomic E-state index is 13.3. The summed E-state index contributed by atoms with van der Waals surface area (Å²) in [6.07, 6.45) is -0.110. The van der Waals surface area contributed by atoms with Crippen molar-refractivity contribution in [3.05, 3.63) is 11.2 Å². The molecule has 17 heavy (non-hydrogen) atoms. The molecule has 2 atom stereocenters. The number of hydrogen-bond donors (Lipinski definition) is 2. The Morgan fingerprint density at radius 2 is 2.47 bits per heavy atom. The Morgan fingerprint density at radius 1 is 1.65 bits per heavy atom. The van der Waals surface area contributed by atoms with Crippen molar-refractivity contribution in [2.75, 3.05) is 30.0 Å². The van der Waals surface area contributed by atoms with Gasteiger partial charge in [-0.05, 0) is 0 Å². The van der Waals surface area contributed by atoms with Crippen LogP contribution < -0.4 is 10.2 Å². The van der Waals surface area contributed by atoms with Crippen molar-refractivity contribution in [1.29, 1.82) is 0 Å². The van der Waals surface area contributed by atoms with Crippen LogP contribution in [0.1, 0.15) is 6.42 Å². The maximum Gasteiger partial charge on any atom is 0.172 e. The molecule has 2 aliphatic heterocycles. The second-order valence-electron chi connectivity index (χ2n) is 4.58. The Labute approximate surface area is 103 Å². The molecular weight excluding hydrogens is 247 g/mol. The smallest absolute Gasteiger partial charge is 0.172 e. The molecule has 0 amide bonds. The van der Waals surface area contributed by atoms with Gasteiger partial charge in [0.15, 0.2) is 11.0 Å². The molecule has 2 aliphatic rings. The molecule has 1 fully saturated rings. The van der Waals surface area contributed by atoms with Crippen LogP contribution in [0, 0.1) is 0 Å². The summed E-state index contributed by atoms with van der Waals surface area (Å²) in [5.74, 6) is 0.590. The van der Waals surface area contributed by atoms with Crippen LogP contribution in [0.5, 0.6) is 0 Å². The number of anilines is 2. The maximum atomic E-state index is 13.3. The van der Waals surface area contributed by atoms with Gasteiger partial charge >= 0.3 is 0 Å². The summed E-state index contributed by atoms with van der Waals surface area (Å²) in [7, 11) is 0. The van der Waals surface area contributed by atoms with Gasteiger partial charge in [0.1, 0.15) is 6.67 Å². The minimum absolute atomic E-state index is 0.265. The molecule has 0 aliphatic carbocycles. The van der Waals surface area contributed by atoms with Gasteiger partial charge in [-0.2, -0.15) is 0 Å². The van der Waals surface area contributed by atoms with Gasteiger partial charge in [-0.3, -0.25) is 0 Å². The SMILES string of the molecule is OC1CN2c3cc(Cl)nnc3NCC2(CF)C1. The first-order valence-corrected chi connectivity index (χ1v) is 5.81. The molecule has 1 saturated heterocycles. The number of nitrogens with zero attached hydrogens (tertiary/aromatic N) is 3. The average molecular weight is 259 g/mol. The van der Waals surface area contributed by atoms with E-state index in [4.69, 9.17) is 11.6 Å². The molecule has 2 unspecified atom stereocenters. The van der Waals surface area contributed by atoms with Crippen molar-refractivity contribution < 1.29 is 9.50 Å². The first-order chi connectivity index (χ1) is 8.14. The van der Waals surface area contributed by atoms with Crippen LogP contribution in [0.15, 0.2) is 6.07 Å². The first-order valence-electron chi connectivity index (χ1n) is 5.43. The zero-order valence-electron chi connectivity index (χ0n) is 9.03. The van der Waals surface area contributed by atoms with Gasteiger partial charge < -0.3 is 15.3 Å². The monoisotopic (exact) mass is 258 g/mol. The van der Waals surface area contributed by atoms with E-state index < -0.39 is 18.3 Å². The van der Waals surface area contributed by atoms with Gasteiger partial charge in [-0.1, -0.05) is 11.6 Å². The highest BCUT2D eigenvalue weighted by Crippen LogP contribution is 2.42. The lowest BCUT2D eigenvalue weighted by atomic mass is 9.95. The summed E-state index contributed by atoms with van der Waals surface area (Å²) >= 11 is 5.81. The lowest BCUT2D eigenvalue weighted by Crippen LogP contribution is -2.54. The highest BCUT2D eigenvalue weighted by Gasteiger charge is 2.48. The van der Waals surface area contributed by atoms with Crippen LogP contribution in [0.3, 0.4) is 0 Å². The molecule has 7 heteroatoms. The van der Waals surface area contributed by atoms with Gasteiger partial charge in [-0.15, -0.1) is 10.2 Å². The third kappa shape index (κ3) is 1.55. The van der Waals surface area contributed by atoms with Crippen LogP contribution in [-0.2, 0) is 0 Å². The zero-order valence-corrected chi connectivity index (χ0v) is 9.78. The number of rotatable bonds is 1. The number of hydrogen-bond acceptors (Lipinski definition) is 5. The minimum Gasteiger partial charge on any atom is -0.391 e. The number of alkyl halides is 1. The molecule has 0 saturated carbocycles. The zero-order chi connectivity index (χ0) is 12.0. The Kier molecular flexibility index (Phi) is 2.38. The lowest BCUT2D eigenvalue weighted by Gasteiger charge is -2.42. The van der Waals surface area contributed by atoms with Gasteiger partial charge in [0.25, 0.3) is 0 Å². The standard InChI is InChI=1S/C10H12ClFN4O/c11-8-1-7-9(15-14-8)13-5-10(4-12)2-6(17)3-16(7)10/h1,6,17H,2-5H2,(H,13,15). The first kappa shape index (κ1) is 11.0. The molecule has 3 heterocycles. The summed E-state index contributed by atoms with van der Waals surface area (Å²) in [6, 6.07) is 1.65. The minimum atomic E-state index is -0.682. The molecular formula is C10H12ClFN4O. The molecule has 0 bridgehead atoms. The van der Waals surface area contributed by atoms with Crippen molar-refractivity contribution in [2.24, 2.45) is 0 Å². The van der Waals surface area contributed by atoms with E-state index in [0.717, 1.165) is 0 Å². The molecule has 92 valence electrons. The van der Waals surface area contributed by atoms with E-state index in [2.05, 4.69) is 15.5 Å². The molecule has 0 aromatic carbocycles. The quantitative estimate of drug-likeness (QED) is 0.782. The second-order valence-corrected chi connectivity index (χ2v) is 4.97. The molecule has 1 aromatic heterocycles. The molecule has 2 N–H and O–H groups in total. The molecule has 3 rings (SSSR count). The van der Waals surface area contributed by atoms with Crippen LogP contribution in [-0.4, -0.2) is 46.7 Å². The van der Waals surface area contributed by atoms with Crippen molar-refractivity contribution >= 4 is 23.1 Å². The average Bonchev–Trinajstić information content (AvgIpc) is 2.66. The van der Waals surface area contributed by atoms with Crippen molar-refractivity contribution in [3.63, 3.8) is 0 Å². The Hall–Kier alpha value is -1.14. The number of nitrogens with one attached hydrogen (secondary N) is 1. The Morgan fingerprint density at radius 3 is 3.24 bits per heavy atom. The van der Waals surface area contributed by atoms with Crippen LogP contribution in [0.25, 0.3) is 0 Å². The van der Waals surface area contributed by atoms with Crippen LogP contribution in [0.2, 0.25) is 5.15 Å². The third-order valence-electron chi connectivity index (χ3n) is 3.45. The Balaban J connectivity index is 2.08. The number of halogens is 2. The molecule has 0 radical (unpaired) electrons. The number of fused-ring (bicyclic) bond motifs is 3. The van der Waals surface area contributed by atoms with E-state index >= 15 is 0 Å². The normalized spacial score (nSPS) is 30.8. The summed E-state index contributed by atoms with van der Waals surface area (Å²) in [5, 5.41) is 20.7. The van der Waals surface area contributed by atoms with Crippen molar-refractivity contribution in [2.45, 2.75) is 18.1 Å². The third-order valence-corrected chi connectivity index (χ3v) is 3.63. The Bertz CT molecular complexity index is 460. The van der Waals surface area contributed by atoms with Crippen LogP contribution in [0.4, 0.5) is 15.9 Å². The lowest BCUT2D eigenvalue weighted by molar-refractivity contribution is 0.178. The van der Waals surface area contributed by atoms with Crippen LogP contribution >= 0.6 is 11.6 Å². The topological polar surface area (TPSA) is 61.3 Å². The highest BCUT2D eigenvalue weighted by atomic mass is 35.5. The molecule has 0 spiro atoms. The summed E-state index contributed by atoms with van der Waals surface area (Å²) in [4.78, 5) is 1.85. The second kappa shape index (κ2) is 3.68. The fraction of sp³-hybridized carbons (Fsp3) is 0.600. The van der Waals surface area contributed by atoms with E-state index in [-0.39, 0.29) is 5.15 Å². The van der Waals surface area contributed by atoms with Crippen molar-refractivity contribution in [1.82, 2.24) is 10.2 Å². The van der Waals surface area contributed by atoms with Crippen molar-refractivity contribution in [3.8, 4) is 0 Å². The van der Waals surface area contributed by atoms with Gasteiger partial charge in [-0.25, -0.2) is 4.39 Å². The molecule has 1 aromatic rings. The number of aliphatic hydroxyl groups excluding tert-OH is 1. The highest BCUT2D eigenvalue weighted by molar-refractivity contribution is 6.29. The number of β-amino-alcohol motifs (C(OH)–C–C–N with tert-alkyl or cyclic N) is 1. The number of aliphatic hydroxyl groups is 1. The van der Waals surface area contributed by atoms with E-state index in [9.17, 15) is 9.50 Å². The van der Waals surface area contributed by atoms with Gasteiger partial charge in [0, 0.05) is 25.6 Å². The van der Waals surface area contributed by atoms with E-state index in [0.29, 0.717) is 31.0 Å². The molecule has 5 nitrogen and oxygen atoms in total. The summed E-state index contributed by atoms with van der Waals surface area (Å²) < 4.78 is 13.3. The van der Waals surface area contributed by atoms with E-state index in [1.165, 1.54) is 0 Å². The van der Waals surface area contributed by atoms with E-state index in [1.54, 1.807) is 6.07 Å². The summed E-state index contributed by atoms with van der Waals surface area (Å²) in [6.45, 7) is 0.306. The van der Waals surface area contributed by atoms with Gasteiger partial charge in [0.2, 0.25) is 0 Å². The predicted molar refractivity (Wildman–Crippen MR) is 62.2 cm³/mol. The predicted octanol–water partition coefficient (Wildman–Crippen LogP) is 0.835. The largest absolute Gasteiger partial charge is 0.391 e. The van der Waals surface area contributed by atoms with E-state index in [1.807, 2.05) is 4.90 Å². The van der Waals surface area contributed by atoms with Gasteiger partial charge in [0.05, 0.1) is 17.3 Å². The number of aromatic nitrogens is 2.